The van der Waals surface area contributed by atoms with Crippen LogP contribution in [-0.2, 0) is 9.59 Å². The molecule has 1 unspecified atom stereocenters. The highest BCUT2D eigenvalue weighted by molar-refractivity contribution is 7.99. The molecule has 1 atom stereocenters. The van der Waals surface area contributed by atoms with Gasteiger partial charge in [-0.15, -0.1) is 23.1 Å². The number of Topliss-reactive ketones (excluding diaryl/α,β-unsaturated/α-hetero) is 1. The van der Waals surface area contributed by atoms with Crippen LogP contribution >= 0.6 is 23.1 Å². The van der Waals surface area contributed by atoms with Crippen molar-refractivity contribution in [2.45, 2.75) is 48.6 Å². The van der Waals surface area contributed by atoms with Crippen LogP contribution in [0, 0.1) is 0 Å². The fourth-order valence-electron chi connectivity index (χ4n) is 3.62. The van der Waals surface area contributed by atoms with Crippen molar-refractivity contribution >= 4 is 40.7 Å². The number of rotatable bonds is 7. The van der Waals surface area contributed by atoms with Gasteiger partial charge in [-0.25, -0.2) is 0 Å². The van der Waals surface area contributed by atoms with Gasteiger partial charge in [0, 0.05) is 35.6 Å². The SMILES string of the molecule is O=C(CCC(=O)c1cccs1)NC1CC(NC(=O)C2CSc3ccccc32)C1. The second-order valence-electron chi connectivity index (χ2n) is 7.24. The van der Waals surface area contributed by atoms with Gasteiger partial charge in [0.2, 0.25) is 11.8 Å². The minimum atomic E-state index is -0.0965. The van der Waals surface area contributed by atoms with E-state index in [0.29, 0.717) is 4.88 Å². The van der Waals surface area contributed by atoms with E-state index in [0.717, 1.165) is 24.2 Å². The van der Waals surface area contributed by atoms with Crippen LogP contribution in [0.5, 0.6) is 0 Å². The fraction of sp³-hybridized carbons (Fsp3) is 0.381. The third kappa shape index (κ3) is 4.31. The third-order valence-corrected chi connectivity index (χ3v) is 7.33. The van der Waals surface area contributed by atoms with Gasteiger partial charge in [0.15, 0.2) is 5.78 Å². The quantitative estimate of drug-likeness (QED) is 0.681. The molecule has 7 heteroatoms. The summed E-state index contributed by atoms with van der Waals surface area (Å²) < 4.78 is 0. The molecule has 2 amide bonds. The minimum Gasteiger partial charge on any atom is -0.353 e. The number of thiophene rings is 1. The van der Waals surface area contributed by atoms with Gasteiger partial charge >= 0.3 is 0 Å². The number of ketones is 1. The van der Waals surface area contributed by atoms with Gasteiger partial charge in [-0.3, -0.25) is 14.4 Å². The first-order chi connectivity index (χ1) is 13.6. The Bertz CT molecular complexity index is 876. The van der Waals surface area contributed by atoms with Gasteiger partial charge in [-0.1, -0.05) is 24.3 Å². The smallest absolute Gasteiger partial charge is 0.228 e. The summed E-state index contributed by atoms with van der Waals surface area (Å²) in [6, 6.07) is 11.9. The molecule has 0 spiro atoms. The standard InChI is InChI=1S/C21H22N2O3S2/c24-17(19-6-3-9-27-19)7-8-20(25)22-13-10-14(11-13)23-21(26)16-12-28-18-5-2-1-4-15(16)18/h1-6,9,13-14,16H,7-8,10-12H2,(H,22,25)(H,23,26). The highest BCUT2D eigenvalue weighted by atomic mass is 32.2. The summed E-state index contributed by atoms with van der Waals surface area (Å²) >= 11 is 3.13. The van der Waals surface area contributed by atoms with Crippen molar-refractivity contribution in [2.75, 3.05) is 5.75 Å². The van der Waals surface area contributed by atoms with Crippen molar-refractivity contribution in [3.8, 4) is 0 Å². The molecule has 1 aromatic heterocycles. The van der Waals surface area contributed by atoms with E-state index in [1.54, 1.807) is 17.8 Å². The van der Waals surface area contributed by atoms with Crippen molar-refractivity contribution in [1.82, 2.24) is 10.6 Å². The summed E-state index contributed by atoms with van der Waals surface area (Å²) in [5, 5.41) is 7.94. The van der Waals surface area contributed by atoms with Gasteiger partial charge in [-0.05, 0) is 35.9 Å². The molecule has 2 heterocycles. The maximum atomic E-state index is 12.6. The molecule has 5 nitrogen and oxygen atoms in total. The van der Waals surface area contributed by atoms with E-state index >= 15 is 0 Å². The number of carbonyl (C=O) groups is 3. The Kier molecular flexibility index (Phi) is 5.82. The molecule has 1 aliphatic heterocycles. The number of hydrogen-bond acceptors (Lipinski definition) is 5. The summed E-state index contributed by atoms with van der Waals surface area (Å²) in [6.07, 6.45) is 1.94. The lowest BCUT2D eigenvalue weighted by atomic mass is 9.86. The normalized spacial score (nSPS) is 22.8. The molecule has 2 aromatic rings. The van der Waals surface area contributed by atoms with E-state index in [-0.39, 0.29) is 48.4 Å². The topological polar surface area (TPSA) is 75.3 Å². The van der Waals surface area contributed by atoms with E-state index in [4.69, 9.17) is 0 Å². The van der Waals surface area contributed by atoms with Crippen LogP contribution in [0.2, 0.25) is 0 Å². The summed E-state index contributed by atoms with van der Waals surface area (Å²) in [6.45, 7) is 0. The first-order valence-corrected chi connectivity index (χ1v) is 11.3. The Hall–Kier alpha value is -2.12. The second-order valence-corrected chi connectivity index (χ2v) is 9.25. The first-order valence-electron chi connectivity index (χ1n) is 9.48. The van der Waals surface area contributed by atoms with E-state index in [1.165, 1.54) is 16.2 Å². The Morgan fingerprint density at radius 3 is 2.54 bits per heavy atom. The highest BCUT2D eigenvalue weighted by Crippen LogP contribution is 2.39. The highest BCUT2D eigenvalue weighted by Gasteiger charge is 2.35. The van der Waals surface area contributed by atoms with E-state index in [2.05, 4.69) is 16.7 Å². The van der Waals surface area contributed by atoms with Crippen LogP contribution in [0.4, 0.5) is 0 Å². The minimum absolute atomic E-state index is 0.0126. The average molecular weight is 415 g/mol. The summed E-state index contributed by atoms with van der Waals surface area (Å²) in [7, 11) is 0. The first kappa shape index (κ1) is 19.2. The van der Waals surface area contributed by atoms with Crippen LogP contribution in [0.3, 0.4) is 0 Å². The van der Waals surface area contributed by atoms with Crippen LogP contribution in [-0.4, -0.2) is 35.4 Å². The molecule has 0 bridgehead atoms. The lowest BCUT2D eigenvalue weighted by Gasteiger charge is -2.36. The number of hydrogen-bond donors (Lipinski definition) is 2. The number of thioether (sulfide) groups is 1. The van der Waals surface area contributed by atoms with Crippen molar-refractivity contribution in [3.63, 3.8) is 0 Å². The maximum Gasteiger partial charge on any atom is 0.228 e. The zero-order chi connectivity index (χ0) is 19.5. The molecule has 1 saturated carbocycles. The third-order valence-electron chi connectivity index (χ3n) is 5.24. The molecular formula is C21H22N2O3S2. The fourth-order valence-corrected chi connectivity index (χ4v) is 5.55. The predicted molar refractivity (Wildman–Crippen MR) is 111 cm³/mol. The molecule has 0 radical (unpaired) electrons. The van der Waals surface area contributed by atoms with Crippen molar-refractivity contribution in [2.24, 2.45) is 0 Å². The lowest BCUT2D eigenvalue weighted by Crippen LogP contribution is -2.54. The molecule has 2 aliphatic rings. The molecule has 1 aliphatic carbocycles. The summed E-state index contributed by atoms with van der Waals surface area (Å²) in [5.74, 6) is 0.697. The van der Waals surface area contributed by atoms with Crippen molar-refractivity contribution < 1.29 is 14.4 Å². The predicted octanol–water partition coefficient (Wildman–Crippen LogP) is 3.36. The van der Waals surface area contributed by atoms with Gasteiger partial charge < -0.3 is 10.6 Å². The van der Waals surface area contributed by atoms with Gasteiger partial charge in [-0.2, -0.15) is 0 Å². The molecule has 1 fully saturated rings. The lowest BCUT2D eigenvalue weighted by molar-refractivity contribution is -0.124. The van der Waals surface area contributed by atoms with Crippen LogP contribution < -0.4 is 10.6 Å². The van der Waals surface area contributed by atoms with Crippen LogP contribution in [0.25, 0.3) is 0 Å². The number of carbonyl (C=O) groups excluding carboxylic acids is 3. The molecule has 1 aromatic carbocycles. The van der Waals surface area contributed by atoms with Crippen LogP contribution in [0.15, 0.2) is 46.7 Å². The average Bonchev–Trinajstić information content (AvgIpc) is 3.34. The summed E-state index contributed by atoms with van der Waals surface area (Å²) in [4.78, 5) is 38.5. The Labute approximate surface area is 172 Å². The molecular weight excluding hydrogens is 392 g/mol. The van der Waals surface area contributed by atoms with E-state index < -0.39 is 0 Å². The van der Waals surface area contributed by atoms with E-state index in [1.807, 2.05) is 29.6 Å². The number of fused-ring (bicyclic) bond motifs is 1. The number of nitrogens with one attached hydrogen (secondary N) is 2. The number of benzene rings is 1. The van der Waals surface area contributed by atoms with Crippen LogP contribution in [0.1, 0.15) is 46.8 Å². The maximum absolute atomic E-state index is 12.6. The second kappa shape index (κ2) is 8.49. The number of amides is 2. The monoisotopic (exact) mass is 414 g/mol. The molecule has 0 saturated heterocycles. The molecule has 4 rings (SSSR count). The molecule has 28 heavy (non-hydrogen) atoms. The van der Waals surface area contributed by atoms with Crippen molar-refractivity contribution in [1.29, 1.82) is 0 Å². The van der Waals surface area contributed by atoms with Gasteiger partial charge in [0.1, 0.15) is 0 Å². The Balaban J connectivity index is 1.17. The zero-order valence-corrected chi connectivity index (χ0v) is 17.0. The Morgan fingerprint density at radius 2 is 1.75 bits per heavy atom. The zero-order valence-electron chi connectivity index (χ0n) is 15.4. The van der Waals surface area contributed by atoms with Gasteiger partial charge in [0.05, 0.1) is 10.8 Å². The van der Waals surface area contributed by atoms with Crippen molar-refractivity contribution in [3.05, 3.63) is 52.2 Å². The Morgan fingerprint density at radius 1 is 0.964 bits per heavy atom. The van der Waals surface area contributed by atoms with E-state index in [9.17, 15) is 14.4 Å². The molecule has 2 N–H and O–H groups in total. The largest absolute Gasteiger partial charge is 0.353 e. The summed E-state index contributed by atoms with van der Waals surface area (Å²) in [5.41, 5.74) is 1.12. The molecule has 146 valence electrons. The van der Waals surface area contributed by atoms with Gasteiger partial charge in [0.25, 0.3) is 0 Å².